The van der Waals surface area contributed by atoms with Crippen molar-refractivity contribution in [3.63, 3.8) is 0 Å². The van der Waals surface area contributed by atoms with Gasteiger partial charge in [0.2, 0.25) is 0 Å². The molecule has 0 radical (unpaired) electrons. The molecule has 96 valence electrons. The number of rotatable bonds is 10. The number of benzene rings is 1. The first-order chi connectivity index (χ1) is 8.43. The molecule has 2 N–H and O–H groups in total. The van der Waals surface area contributed by atoms with Crippen molar-refractivity contribution in [1.29, 1.82) is 0 Å². The summed E-state index contributed by atoms with van der Waals surface area (Å²) in [5.74, 6) is 0. The molecule has 1 aromatic rings. The summed E-state index contributed by atoms with van der Waals surface area (Å²) in [6.45, 7) is 6.75. The maximum absolute atomic E-state index is 3.49. The van der Waals surface area contributed by atoms with Gasteiger partial charge in [-0.05, 0) is 57.4 Å². The molecule has 2 nitrogen and oxygen atoms in total. The highest BCUT2D eigenvalue weighted by Gasteiger charge is 1.92. The van der Waals surface area contributed by atoms with Gasteiger partial charge in [-0.2, -0.15) is 0 Å². The number of nitrogens with one attached hydrogen (secondary N) is 2. The minimum absolute atomic E-state index is 1.13. The Bertz CT molecular complexity index is 259. The van der Waals surface area contributed by atoms with Crippen molar-refractivity contribution < 1.29 is 0 Å². The van der Waals surface area contributed by atoms with Gasteiger partial charge in [0.05, 0.1) is 0 Å². The fraction of sp³-hybridized carbons (Fsp3) is 0.600. The second-order valence-electron chi connectivity index (χ2n) is 4.44. The average Bonchev–Trinajstić information content (AvgIpc) is 2.38. The SMILES string of the molecule is CCCNCCCNCCCc1ccccc1. The molecule has 0 amide bonds. The largest absolute Gasteiger partial charge is 0.317 e. The molecule has 0 aliphatic carbocycles. The fourth-order valence-corrected chi connectivity index (χ4v) is 1.83. The smallest absolute Gasteiger partial charge is 0.00368 e. The van der Waals surface area contributed by atoms with Crippen molar-refractivity contribution in [2.45, 2.75) is 32.6 Å². The summed E-state index contributed by atoms with van der Waals surface area (Å²) in [6, 6.07) is 10.7. The van der Waals surface area contributed by atoms with E-state index in [1.807, 2.05) is 0 Å². The monoisotopic (exact) mass is 234 g/mol. The second-order valence-corrected chi connectivity index (χ2v) is 4.44. The van der Waals surface area contributed by atoms with E-state index in [4.69, 9.17) is 0 Å². The molecule has 0 aromatic heterocycles. The molecule has 0 spiro atoms. The first-order valence-electron chi connectivity index (χ1n) is 6.89. The van der Waals surface area contributed by atoms with Gasteiger partial charge in [0.1, 0.15) is 0 Å². The van der Waals surface area contributed by atoms with Crippen molar-refractivity contribution in [3.05, 3.63) is 35.9 Å². The highest BCUT2D eigenvalue weighted by atomic mass is 14.9. The Balaban J connectivity index is 1.85. The summed E-state index contributed by atoms with van der Waals surface area (Å²) < 4.78 is 0. The third-order valence-electron chi connectivity index (χ3n) is 2.80. The Morgan fingerprint density at radius 1 is 0.824 bits per heavy atom. The van der Waals surface area contributed by atoms with E-state index in [1.54, 1.807) is 0 Å². The average molecular weight is 234 g/mol. The van der Waals surface area contributed by atoms with E-state index in [0.717, 1.165) is 26.2 Å². The van der Waals surface area contributed by atoms with Crippen LogP contribution in [-0.2, 0) is 6.42 Å². The van der Waals surface area contributed by atoms with Gasteiger partial charge in [0.15, 0.2) is 0 Å². The van der Waals surface area contributed by atoms with Crippen LogP contribution < -0.4 is 10.6 Å². The van der Waals surface area contributed by atoms with Gasteiger partial charge in [-0.25, -0.2) is 0 Å². The molecule has 0 aliphatic heterocycles. The van der Waals surface area contributed by atoms with Crippen LogP contribution in [-0.4, -0.2) is 26.2 Å². The summed E-state index contributed by atoms with van der Waals surface area (Å²) in [5, 5.41) is 6.90. The van der Waals surface area contributed by atoms with Crippen LogP contribution >= 0.6 is 0 Å². The lowest BCUT2D eigenvalue weighted by molar-refractivity contribution is 0.582. The Kier molecular flexibility index (Phi) is 8.61. The Hall–Kier alpha value is -0.860. The van der Waals surface area contributed by atoms with Crippen LogP contribution in [0.15, 0.2) is 30.3 Å². The highest BCUT2D eigenvalue weighted by molar-refractivity contribution is 5.14. The summed E-state index contributed by atoms with van der Waals surface area (Å²) in [6.07, 6.45) is 4.87. The number of hydrogen-bond acceptors (Lipinski definition) is 2. The lowest BCUT2D eigenvalue weighted by Crippen LogP contribution is -2.23. The lowest BCUT2D eigenvalue weighted by atomic mass is 10.1. The minimum Gasteiger partial charge on any atom is -0.317 e. The Labute approximate surface area is 106 Å². The van der Waals surface area contributed by atoms with E-state index >= 15 is 0 Å². The van der Waals surface area contributed by atoms with Crippen molar-refractivity contribution in [3.8, 4) is 0 Å². The highest BCUT2D eigenvalue weighted by Crippen LogP contribution is 2.01. The van der Waals surface area contributed by atoms with Gasteiger partial charge in [0, 0.05) is 0 Å². The van der Waals surface area contributed by atoms with Crippen molar-refractivity contribution in [1.82, 2.24) is 10.6 Å². The van der Waals surface area contributed by atoms with E-state index in [1.165, 1.54) is 31.2 Å². The molecule has 0 atom stereocenters. The maximum Gasteiger partial charge on any atom is -0.00368 e. The molecule has 0 fully saturated rings. The van der Waals surface area contributed by atoms with Crippen molar-refractivity contribution in [2.24, 2.45) is 0 Å². The molecule has 0 saturated carbocycles. The summed E-state index contributed by atoms with van der Waals surface area (Å²) in [4.78, 5) is 0. The van der Waals surface area contributed by atoms with Crippen LogP contribution in [0.3, 0.4) is 0 Å². The molecule has 1 aromatic carbocycles. The second kappa shape index (κ2) is 10.3. The van der Waals surface area contributed by atoms with Gasteiger partial charge in [-0.3, -0.25) is 0 Å². The van der Waals surface area contributed by atoms with Crippen molar-refractivity contribution >= 4 is 0 Å². The van der Waals surface area contributed by atoms with E-state index < -0.39 is 0 Å². The quantitative estimate of drug-likeness (QED) is 0.608. The molecule has 0 unspecified atom stereocenters. The summed E-state index contributed by atoms with van der Waals surface area (Å²) >= 11 is 0. The number of hydrogen-bond donors (Lipinski definition) is 2. The zero-order chi connectivity index (χ0) is 12.2. The Morgan fingerprint density at radius 3 is 2.18 bits per heavy atom. The first kappa shape index (κ1) is 14.2. The molecule has 0 heterocycles. The van der Waals surface area contributed by atoms with E-state index in [9.17, 15) is 0 Å². The van der Waals surface area contributed by atoms with Crippen molar-refractivity contribution in [2.75, 3.05) is 26.2 Å². The molecule has 2 heteroatoms. The molecular weight excluding hydrogens is 208 g/mol. The van der Waals surface area contributed by atoms with Crippen LogP contribution in [0.25, 0.3) is 0 Å². The summed E-state index contributed by atoms with van der Waals surface area (Å²) in [7, 11) is 0. The predicted molar refractivity (Wildman–Crippen MR) is 75.4 cm³/mol. The third-order valence-corrected chi connectivity index (χ3v) is 2.80. The van der Waals surface area contributed by atoms with Crippen LogP contribution in [0.1, 0.15) is 31.7 Å². The fourth-order valence-electron chi connectivity index (χ4n) is 1.83. The predicted octanol–water partition coefficient (Wildman–Crippen LogP) is 2.60. The van der Waals surface area contributed by atoms with E-state index in [0.29, 0.717) is 0 Å². The minimum atomic E-state index is 1.13. The van der Waals surface area contributed by atoms with Crippen LogP contribution in [0.4, 0.5) is 0 Å². The van der Waals surface area contributed by atoms with E-state index in [2.05, 4.69) is 47.9 Å². The normalized spacial score (nSPS) is 10.6. The van der Waals surface area contributed by atoms with Gasteiger partial charge in [0.25, 0.3) is 0 Å². The molecular formula is C15H26N2. The van der Waals surface area contributed by atoms with E-state index in [-0.39, 0.29) is 0 Å². The van der Waals surface area contributed by atoms with Gasteiger partial charge in [-0.1, -0.05) is 37.3 Å². The van der Waals surface area contributed by atoms with Crippen LogP contribution in [0.5, 0.6) is 0 Å². The lowest BCUT2D eigenvalue weighted by Gasteiger charge is -2.05. The zero-order valence-corrected chi connectivity index (χ0v) is 11.0. The molecule has 0 aliphatic rings. The summed E-state index contributed by atoms with van der Waals surface area (Å²) in [5.41, 5.74) is 1.44. The molecule has 1 rings (SSSR count). The molecule has 0 saturated heterocycles. The maximum atomic E-state index is 3.49. The van der Waals surface area contributed by atoms with Crippen LogP contribution in [0.2, 0.25) is 0 Å². The third kappa shape index (κ3) is 7.94. The topological polar surface area (TPSA) is 24.1 Å². The number of aryl methyl sites for hydroxylation is 1. The molecule has 0 bridgehead atoms. The molecule has 17 heavy (non-hydrogen) atoms. The van der Waals surface area contributed by atoms with Gasteiger partial charge >= 0.3 is 0 Å². The van der Waals surface area contributed by atoms with Gasteiger partial charge < -0.3 is 10.6 Å². The van der Waals surface area contributed by atoms with Crippen LogP contribution in [0, 0.1) is 0 Å². The Morgan fingerprint density at radius 2 is 1.47 bits per heavy atom. The standard InChI is InChI=1S/C15H26N2/c1-2-11-16-13-7-14-17-12-6-10-15-8-4-3-5-9-15/h3-5,8-9,16-17H,2,6-7,10-14H2,1H3. The van der Waals surface area contributed by atoms with Gasteiger partial charge in [-0.15, -0.1) is 0 Å². The first-order valence-corrected chi connectivity index (χ1v) is 6.89. The zero-order valence-electron chi connectivity index (χ0n) is 11.0.